The summed E-state index contributed by atoms with van der Waals surface area (Å²) in [4.78, 5) is 7.62. The molecule has 1 heterocycles. The van der Waals surface area contributed by atoms with E-state index >= 15 is 0 Å². The van der Waals surface area contributed by atoms with Gasteiger partial charge in [0.15, 0.2) is 0 Å². The van der Waals surface area contributed by atoms with Crippen LogP contribution < -0.4 is 4.74 Å². The molecule has 1 aromatic heterocycles. The zero-order valence-corrected chi connectivity index (χ0v) is 9.94. The van der Waals surface area contributed by atoms with Gasteiger partial charge >= 0.3 is 0 Å². The molecule has 5 nitrogen and oxygen atoms in total. The largest absolute Gasteiger partial charge is 0.475 e. The van der Waals surface area contributed by atoms with E-state index in [1.54, 1.807) is 19.4 Å². The second kappa shape index (κ2) is 8.27. The molecule has 0 saturated carbocycles. The number of methoxy groups -OCH3 is 1. The summed E-state index contributed by atoms with van der Waals surface area (Å²) in [7, 11) is 1.67. The quantitative estimate of drug-likeness (QED) is 0.515. The van der Waals surface area contributed by atoms with Crippen molar-refractivity contribution in [2.45, 2.75) is 6.42 Å². The number of halogens is 1. The van der Waals surface area contributed by atoms with Gasteiger partial charge in [0.2, 0.25) is 11.2 Å². The predicted molar refractivity (Wildman–Crippen MR) is 59.8 cm³/mol. The van der Waals surface area contributed by atoms with Gasteiger partial charge in [0.25, 0.3) is 0 Å². The van der Waals surface area contributed by atoms with E-state index in [0.29, 0.717) is 32.3 Å². The Morgan fingerprint density at radius 3 is 2.88 bits per heavy atom. The van der Waals surface area contributed by atoms with Gasteiger partial charge < -0.3 is 14.2 Å². The van der Waals surface area contributed by atoms with Crippen LogP contribution in [0, 0.1) is 0 Å². The molecule has 0 aromatic carbocycles. The highest BCUT2D eigenvalue weighted by atomic mass is 35.5. The van der Waals surface area contributed by atoms with Gasteiger partial charge in [-0.25, -0.2) is 4.98 Å². The Hall–Kier alpha value is -0.910. The van der Waals surface area contributed by atoms with Gasteiger partial charge in [-0.3, -0.25) is 0 Å². The molecule has 0 atom stereocenters. The molecule has 0 aliphatic rings. The fraction of sp³-hybridized carbons (Fsp3) is 0.600. The Kier molecular flexibility index (Phi) is 6.80. The lowest BCUT2D eigenvalue weighted by atomic mass is 10.5. The molecule has 90 valence electrons. The van der Waals surface area contributed by atoms with Crippen LogP contribution in [-0.4, -0.2) is 43.5 Å². The fourth-order valence-electron chi connectivity index (χ4n) is 1.01. The smallest absolute Gasteiger partial charge is 0.225 e. The van der Waals surface area contributed by atoms with Crippen LogP contribution in [0.4, 0.5) is 0 Å². The van der Waals surface area contributed by atoms with Crippen LogP contribution in [0.1, 0.15) is 6.42 Å². The van der Waals surface area contributed by atoms with E-state index in [2.05, 4.69) is 9.97 Å². The Bertz CT molecular complexity index is 299. The third kappa shape index (κ3) is 5.85. The summed E-state index contributed by atoms with van der Waals surface area (Å²) in [6.07, 6.45) is 2.43. The summed E-state index contributed by atoms with van der Waals surface area (Å²) in [6.45, 7) is 2.34. The molecule has 1 aromatic rings. The van der Waals surface area contributed by atoms with Gasteiger partial charge in [-0.2, -0.15) is 4.98 Å². The molecule has 0 saturated heterocycles. The maximum Gasteiger partial charge on any atom is 0.225 e. The van der Waals surface area contributed by atoms with Gasteiger partial charge in [0.05, 0.1) is 6.61 Å². The van der Waals surface area contributed by atoms with Crippen LogP contribution in [-0.2, 0) is 9.47 Å². The van der Waals surface area contributed by atoms with Crippen molar-refractivity contribution in [3.05, 3.63) is 17.5 Å². The predicted octanol–water partition coefficient (Wildman–Crippen LogP) is 1.56. The van der Waals surface area contributed by atoms with Gasteiger partial charge in [-0.1, -0.05) is 0 Å². The van der Waals surface area contributed by atoms with E-state index in [1.165, 1.54) is 0 Å². The second-order valence-electron chi connectivity index (χ2n) is 2.97. The fourth-order valence-corrected chi connectivity index (χ4v) is 1.15. The number of hydrogen-bond acceptors (Lipinski definition) is 5. The highest BCUT2D eigenvalue weighted by molar-refractivity contribution is 6.28. The van der Waals surface area contributed by atoms with Crippen molar-refractivity contribution in [1.82, 2.24) is 9.97 Å². The second-order valence-corrected chi connectivity index (χ2v) is 3.31. The molecule has 0 aliphatic heterocycles. The summed E-state index contributed by atoms with van der Waals surface area (Å²) >= 11 is 5.59. The molecule has 0 bridgehead atoms. The van der Waals surface area contributed by atoms with E-state index < -0.39 is 0 Å². The van der Waals surface area contributed by atoms with Crippen molar-refractivity contribution in [2.24, 2.45) is 0 Å². The van der Waals surface area contributed by atoms with Crippen LogP contribution in [0.25, 0.3) is 0 Å². The number of hydrogen-bond donors (Lipinski definition) is 0. The molecule has 0 fully saturated rings. The minimum atomic E-state index is 0.179. The van der Waals surface area contributed by atoms with Crippen molar-refractivity contribution in [2.75, 3.05) is 33.5 Å². The number of nitrogens with zero attached hydrogens (tertiary/aromatic N) is 2. The van der Waals surface area contributed by atoms with Crippen LogP contribution in [0.2, 0.25) is 5.28 Å². The SMILES string of the molecule is COCCCOCCOc1ccnc(Cl)n1. The minimum Gasteiger partial charge on any atom is -0.475 e. The Morgan fingerprint density at radius 2 is 2.12 bits per heavy atom. The molecule has 0 amide bonds. The maximum absolute atomic E-state index is 5.59. The average Bonchev–Trinajstić information content (AvgIpc) is 2.28. The van der Waals surface area contributed by atoms with E-state index in [1.807, 2.05) is 0 Å². The molecule has 1 rings (SSSR count). The van der Waals surface area contributed by atoms with E-state index in [4.69, 9.17) is 25.8 Å². The van der Waals surface area contributed by atoms with Crippen LogP contribution in [0.3, 0.4) is 0 Å². The third-order valence-corrected chi connectivity index (χ3v) is 1.90. The molecule has 0 N–H and O–H groups in total. The maximum atomic E-state index is 5.59. The van der Waals surface area contributed by atoms with Crippen LogP contribution in [0.15, 0.2) is 12.3 Å². The lowest BCUT2D eigenvalue weighted by molar-refractivity contribution is 0.0795. The first-order chi connectivity index (χ1) is 7.83. The number of aromatic nitrogens is 2. The normalized spacial score (nSPS) is 10.4. The van der Waals surface area contributed by atoms with Crippen LogP contribution in [0.5, 0.6) is 5.88 Å². The average molecular weight is 247 g/mol. The highest BCUT2D eigenvalue weighted by Gasteiger charge is 1.97. The highest BCUT2D eigenvalue weighted by Crippen LogP contribution is 2.07. The third-order valence-electron chi connectivity index (χ3n) is 1.72. The molecule has 0 radical (unpaired) electrons. The molecule has 6 heteroatoms. The summed E-state index contributed by atoms with van der Waals surface area (Å²) in [6, 6.07) is 1.65. The van der Waals surface area contributed by atoms with Gasteiger partial charge in [-0.05, 0) is 18.0 Å². The van der Waals surface area contributed by atoms with Gasteiger partial charge in [0.1, 0.15) is 6.61 Å². The molecule has 0 aliphatic carbocycles. The zero-order valence-electron chi connectivity index (χ0n) is 9.19. The Morgan fingerprint density at radius 1 is 1.25 bits per heavy atom. The molecule has 0 unspecified atom stereocenters. The Balaban J connectivity index is 2.03. The molecule has 16 heavy (non-hydrogen) atoms. The van der Waals surface area contributed by atoms with E-state index in [0.717, 1.165) is 6.42 Å². The topological polar surface area (TPSA) is 53.5 Å². The summed E-state index contributed by atoms with van der Waals surface area (Å²) in [5.74, 6) is 0.459. The van der Waals surface area contributed by atoms with Crippen LogP contribution >= 0.6 is 11.6 Å². The van der Waals surface area contributed by atoms with Crippen molar-refractivity contribution in [3.8, 4) is 5.88 Å². The number of ether oxygens (including phenoxy) is 3. The standard InChI is InChI=1S/C10H15ClN2O3/c1-14-5-2-6-15-7-8-16-9-3-4-12-10(11)13-9/h3-4H,2,5-8H2,1H3. The minimum absolute atomic E-state index is 0.179. The van der Waals surface area contributed by atoms with Crippen molar-refractivity contribution >= 4 is 11.6 Å². The lowest BCUT2D eigenvalue weighted by Gasteiger charge is -2.05. The Labute approximate surface area is 99.7 Å². The molecule has 0 spiro atoms. The van der Waals surface area contributed by atoms with Gasteiger partial charge in [-0.15, -0.1) is 0 Å². The van der Waals surface area contributed by atoms with E-state index in [9.17, 15) is 0 Å². The molecular weight excluding hydrogens is 232 g/mol. The number of rotatable bonds is 8. The van der Waals surface area contributed by atoms with E-state index in [-0.39, 0.29) is 5.28 Å². The first kappa shape index (κ1) is 13.2. The molecular formula is C10H15ClN2O3. The first-order valence-corrected chi connectivity index (χ1v) is 5.39. The van der Waals surface area contributed by atoms with Gasteiger partial charge in [0, 0.05) is 32.6 Å². The lowest BCUT2D eigenvalue weighted by Crippen LogP contribution is -2.09. The van der Waals surface area contributed by atoms with Crippen molar-refractivity contribution < 1.29 is 14.2 Å². The first-order valence-electron chi connectivity index (χ1n) is 5.01. The van der Waals surface area contributed by atoms with Crippen molar-refractivity contribution in [3.63, 3.8) is 0 Å². The van der Waals surface area contributed by atoms with Crippen molar-refractivity contribution in [1.29, 1.82) is 0 Å². The zero-order chi connectivity index (χ0) is 11.6. The summed E-state index contributed by atoms with van der Waals surface area (Å²) in [5, 5.41) is 0.179. The summed E-state index contributed by atoms with van der Waals surface area (Å²) < 4.78 is 15.5. The summed E-state index contributed by atoms with van der Waals surface area (Å²) in [5.41, 5.74) is 0. The monoisotopic (exact) mass is 246 g/mol.